The van der Waals surface area contributed by atoms with Crippen LogP contribution in [0.1, 0.15) is 23.6 Å². The number of amides is 1. The van der Waals surface area contributed by atoms with E-state index in [0.29, 0.717) is 17.5 Å². The van der Waals surface area contributed by atoms with Gasteiger partial charge in [-0.3, -0.25) is 4.79 Å². The summed E-state index contributed by atoms with van der Waals surface area (Å²) < 4.78 is 0. The molecule has 1 unspecified atom stereocenters. The van der Waals surface area contributed by atoms with Gasteiger partial charge in [0.15, 0.2) is 5.60 Å². The maximum Gasteiger partial charge on any atom is 0.261 e. The minimum Gasteiger partial charge on any atom is -0.372 e. The third-order valence-corrected chi connectivity index (χ3v) is 4.47. The van der Waals surface area contributed by atoms with Crippen LogP contribution >= 0.6 is 0 Å². The number of carbonyl (C=O) groups excluding carboxylic acids is 1. The number of aliphatic hydroxyl groups is 1. The van der Waals surface area contributed by atoms with Crippen LogP contribution in [0.15, 0.2) is 91.0 Å². The minimum absolute atomic E-state index is 0.108. The van der Waals surface area contributed by atoms with Gasteiger partial charge in [0.1, 0.15) is 0 Å². The second-order valence-electron chi connectivity index (χ2n) is 6.51. The predicted molar refractivity (Wildman–Crippen MR) is 104 cm³/mol. The van der Waals surface area contributed by atoms with Gasteiger partial charge in [-0.05, 0) is 30.0 Å². The molecule has 0 radical (unpaired) electrons. The minimum atomic E-state index is -1.73. The second-order valence-corrected chi connectivity index (χ2v) is 6.51. The number of rotatable bonds is 6. The van der Waals surface area contributed by atoms with E-state index in [-0.39, 0.29) is 6.04 Å². The molecule has 0 aliphatic carbocycles. The first-order chi connectivity index (χ1) is 12.6. The summed E-state index contributed by atoms with van der Waals surface area (Å²) in [6.45, 7) is 1.95. The SMILES string of the molecule is CC(Cc1ccccc1)NC(=O)C(O)(c1ccccc1)c1ccccc1. The molecule has 26 heavy (non-hydrogen) atoms. The van der Waals surface area contributed by atoms with Crippen LogP contribution in [0.5, 0.6) is 0 Å². The van der Waals surface area contributed by atoms with Crippen molar-refractivity contribution >= 4 is 5.91 Å². The van der Waals surface area contributed by atoms with E-state index in [1.807, 2.05) is 73.7 Å². The summed E-state index contributed by atoms with van der Waals surface area (Å²) in [6.07, 6.45) is 0.701. The van der Waals surface area contributed by atoms with Crippen molar-refractivity contribution in [2.75, 3.05) is 0 Å². The van der Waals surface area contributed by atoms with Crippen LogP contribution in [0.3, 0.4) is 0 Å². The molecule has 0 aliphatic heterocycles. The molecule has 0 heterocycles. The van der Waals surface area contributed by atoms with Crippen LogP contribution in [-0.4, -0.2) is 17.1 Å². The lowest BCUT2D eigenvalue weighted by molar-refractivity contribution is -0.137. The summed E-state index contributed by atoms with van der Waals surface area (Å²) in [6, 6.07) is 28.0. The molecule has 0 bridgehead atoms. The van der Waals surface area contributed by atoms with E-state index in [1.54, 1.807) is 24.3 Å². The van der Waals surface area contributed by atoms with Gasteiger partial charge in [-0.1, -0.05) is 91.0 Å². The van der Waals surface area contributed by atoms with Gasteiger partial charge in [-0.25, -0.2) is 0 Å². The van der Waals surface area contributed by atoms with Gasteiger partial charge in [0.05, 0.1) is 0 Å². The van der Waals surface area contributed by atoms with Gasteiger partial charge in [0.25, 0.3) is 5.91 Å². The number of nitrogens with one attached hydrogen (secondary N) is 1. The molecule has 3 aromatic carbocycles. The van der Waals surface area contributed by atoms with Gasteiger partial charge in [-0.15, -0.1) is 0 Å². The first kappa shape index (κ1) is 17.9. The molecular weight excluding hydrogens is 322 g/mol. The molecule has 0 aromatic heterocycles. The Morgan fingerprint density at radius 3 is 1.73 bits per heavy atom. The molecule has 3 nitrogen and oxygen atoms in total. The lowest BCUT2D eigenvalue weighted by Crippen LogP contribution is -2.48. The van der Waals surface area contributed by atoms with Crippen LogP contribution in [0.4, 0.5) is 0 Å². The van der Waals surface area contributed by atoms with E-state index < -0.39 is 11.5 Å². The third-order valence-electron chi connectivity index (χ3n) is 4.47. The lowest BCUT2D eigenvalue weighted by Gasteiger charge is -2.29. The fourth-order valence-electron chi connectivity index (χ4n) is 3.13. The molecule has 0 saturated carbocycles. The first-order valence-electron chi connectivity index (χ1n) is 8.79. The molecule has 3 aromatic rings. The summed E-state index contributed by atoms with van der Waals surface area (Å²) >= 11 is 0. The van der Waals surface area contributed by atoms with Gasteiger partial charge < -0.3 is 10.4 Å². The van der Waals surface area contributed by atoms with Gasteiger partial charge >= 0.3 is 0 Å². The van der Waals surface area contributed by atoms with E-state index in [1.165, 1.54) is 0 Å². The van der Waals surface area contributed by atoms with Crippen molar-refractivity contribution in [3.63, 3.8) is 0 Å². The summed E-state index contributed by atoms with van der Waals surface area (Å²) in [5, 5.41) is 14.4. The van der Waals surface area contributed by atoms with E-state index in [9.17, 15) is 9.90 Å². The molecular formula is C23H23NO2. The summed E-state index contributed by atoms with van der Waals surface area (Å²) in [7, 11) is 0. The average Bonchev–Trinajstić information content (AvgIpc) is 2.69. The van der Waals surface area contributed by atoms with Crippen LogP contribution in [0.25, 0.3) is 0 Å². The Bertz CT molecular complexity index is 792. The zero-order valence-electron chi connectivity index (χ0n) is 14.8. The summed E-state index contributed by atoms with van der Waals surface area (Å²) in [4.78, 5) is 13.1. The summed E-state index contributed by atoms with van der Waals surface area (Å²) in [5.41, 5.74) is 0.516. The highest BCUT2D eigenvalue weighted by molar-refractivity contribution is 5.90. The number of carbonyl (C=O) groups is 1. The lowest BCUT2D eigenvalue weighted by atomic mass is 9.85. The Balaban J connectivity index is 1.86. The zero-order chi connectivity index (χ0) is 18.4. The highest BCUT2D eigenvalue weighted by Gasteiger charge is 2.40. The third kappa shape index (κ3) is 3.84. The molecule has 1 amide bonds. The largest absolute Gasteiger partial charge is 0.372 e. The van der Waals surface area contributed by atoms with E-state index in [2.05, 4.69) is 5.32 Å². The quantitative estimate of drug-likeness (QED) is 0.716. The highest BCUT2D eigenvalue weighted by atomic mass is 16.3. The Hall–Kier alpha value is -2.91. The fourth-order valence-corrected chi connectivity index (χ4v) is 3.13. The topological polar surface area (TPSA) is 49.3 Å². The smallest absolute Gasteiger partial charge is 0.261 e. The maximum absolute atomic E-state index is 13.1. The molecule has 2 N–H and O–H groups in total. The normalized spacial score (nSPS) is 12.4. The Morgan fingerprint density at radius 2 is 1.27 bits per heavy atom. The van der Waals surface area contributed by atoms with E-state index in [0.717, 1.165) is 5.56 Å². The Labute approximate surface area is 154 Å². The average molecular weight is 345 g/mol. The monoisotopic (exact) mass is 345 g/mol. The van der Waals surface area contributed by atoms with E-state index in [4.69, 9.17) is 0 Å². The van der Waals surface area contributed by atoms with Gasteiger partial charge in [0.2, 0.25) is 0 Å². The van der Waals surface area contributed by atoms with Crippen LogP contribution < -0.4 is 5.32 Å². The number of hydrogen-bond donors (Lipinski definition) is 2. The van der Waals surface area contributed by atoms with Crippen molar-refractivity contribution < 1.29 is 9.90 Å². The molecule has 3 heteroatoms. The van der Waals surface area contributed by atoms with Gasteiger partial charge in [-0.2, -0.15) is 0 Å². The van der Waals surface area contributed by atoms with Crippen molar-refractivity contribution in [1.82, 2.24) is 5.32 Å². The Morgan fingerprint density at radius 1 is 0.846 bits per heavy atom. The molecule has 132 valence electrons. The molecule has 0 fully saturated rings. The van der Waals surface area contributed by atoms with Crippen molar-refractivity contribution in [3.05, 3.63) is 108 Å². The first-order valence-corrected chi connectivity index (χ1v) is 8.79. The summed E-state index contributed by atoms with van der Waals surface area (Å²) in [5.74, 6) is -0.418. The zero-order valence-corrected chi connectivity index (χ0v) is 14.8. The van der Waals surface area contributed by atoms with E-state index >= 15 is 0 Å². The second kappa shape index (κ2) is 7.98. The molecule has 3 rings (SSSR count). The van der Waals surface area contributed by atoms with Gasteiger partial charge in [0, 0.05) is 6.04 Å². The Kier molecular flexibility index (Phi) is 5.49. The maximum atomic E-state index is 13.1. The number of benzene rings is 3. The van der Waals surface area contributed by atoms with Crippen molar-refractivity contribution in [1.29, 1.82) is 0 Å². The fraction of sp³-hybridized carbons (Fsp3) is 0.174. The standard InChI is InChI=1S/C23H23NO2/c1-18(17-19-11-5-2-6-12-19)24-22(25)23(26,20-13-7-3-8-14-20)21-15-9-4-10-16-21/h2-16,18,26H,17H2,1H3,(H,24,25). The highest BCUT2D eigenvalue weighted by Crippen LogP contribution is 2.30. The van der Waals surface area contributed by atoms with Crippen LogP contribution in [0.2, 0.25) is 0 Å². The molecule has 0 aliphatic rings. The molecule has 1 atom stereocenters. The van der Waals surface area contributed by atoms with Crippen LogP contribution in [0, 0.1) is 0 Å². The number of hydrogen-bond acceptors (Lipinski definition) is 2. The predicted octanol–water partition coefficient (Wildman–Crippen LogP) is 3.67. The molecule has 0 saturated heterocycles. The molecule has 0 spiro atoms. The van der Waals surface area contributed by atoms with Crippen molar-refractivity contribution in [3.8, 4) is 0 Å². The van der Waals surface area contributed by atoms with Crippen molar-refractivity contribution in [2.24, 2.45) is 0 Å². The van der Waals surface area contributed by atoms with Crippen molar-refractivity contribution in [2.45, 2.75) is 25.0 Å². The van der Waals surface area contributed by atoms with Crippen LogP contribution in [-0.2, 0) is 16.8 Å².